The summed E-state index contributed by atoms with van der Waals surface area (Å²) in [6.07, 6.45) is 1.32. The van der Waals surface area contributed by atoms with Crippen LogP contribution in [0.5, 0.6) is 11.5 Å². The second-order valence-electron chi connectivity index (χ2n) is 7.11. The van der Waals surface area contributed by atoms with Crippen LogP contribution in [0.15, 0.2) is 52.2 Å². The molecule has 4 heterocycles. The summed E-state index contributed by atoms with van der Waals surface area (Å²) < 4.78 is 16.8. The molecule has 1 aliphatic heterocycles. The molecule has 168 valence electrons. The first-order chi connectivity index (χ1) is 16.1. The molecule has 33 heavy (non-hydrogen) atoms. The molecule has 0 radical (unpaired) electrons. The van der Waals surface area contributed by atoms with Crippen LogP contribution in [-0.4, -0.2) is 34.8 Å². The van der Waals surface area contributed by atoms with Crippen molar-refractivity contribution in [3.8, 4) is 21.9 Å². The molecule has 1 amide bonds. The van der Waals surface area contributed by atoms with Crippen molar-refractivity contribution in [3.05, 3.63) is 63.3 Å². The Labute approximate surface area is 195 Å². The van der Waals surface area contributed by atoms with Crippen molar-refractivity contribution >= 4 is 44.8 Å². The lowest BCUT2D eigenvalue weighted by Gasteiger charge is -2.08. The van der Waals surface area contributed by atoms with E-state index in [0.29, 0.717) is 21.7 Å². The first-order valence-corrected chi connectivity index (χ1v) is 11.7. The Kier molecular flexibility index (Phi) is 5.80. The van der Waals surface area contributed by atoms with Crippen molar-refractivity contribution in [2.75, 3.05) is 13.4 Å². The first kappa shape index (κ1) is 21.2. The van der Waals surface area contributed by atoms with Gasteiger partial charge < -0.3 is 19.5 Å². The van der Waals surface area contributed by atoms with E-state index >= 15 is 0 Å². The molecule has 1 N–H and O–H groups in total. The maximum absolute atomic E-state index is 12.9. The number of carbonyl (C=O) groups is 2. The Morgan fingerprint density at radius 2 is 2.06 bits per heavy atom. The molecule has 0 saturated heterocycles. The van der Waals surface area contributed by atoms with E-state index in [1.54, 1.807) is 12.1 Å². The molecule has 5 rings (SSSR count). The Balaban J connectivity index is 1.18. The minimum absolute atomic E-state index is 0.175. The number of nitrogens with zero attached hydrogens (tertiary/aromatic N) is 2. The van der Waals surface area contributed by atoms with Crippen LogP contribution in [0.1, 0.15) is 5.56 Å². The summed E-state index contributed by atoms with van der Waals surface area (Å²) >= 11 is 2.90. The normalized spacial score (nSPS) is 12.1. The average molecular weight is 484 g/mol. The van der Waals surface area contributed by atoms with Gasteiger partial charge in [0.2, 0.25) is 6.79 Å². The van der Waals surface area contributed by atoms with E-state index in [4.69, 9.17) is 14.2 Å². The molecule has 1 aromatic carbocycles. The fourth-order valence-corrected chi connectivity index (χ4v) is 5.05. The van der Waals surface area contributed by atoms with Gasteiger partial charge in [-0.1, -0.05) is 12.1 Å². The molecule has 0 atom stereocenters. The number of hydrogen-bond donors (Lipinski definition) is 1. The van der Waals surface area contributed by atoms with Crippen molar-refractivity contribution in [1.82, 2.24) is 14.9 Å². The van der Waals surface area contributed by atoms with Gasteiger partial charge in [0.25, 0.3) is 11.5 Å². The number of carbonyl (C=O) groups excluding carboxylic acids is 2. The second-order valence-corrected chi connectivity index (χ2v) is 8.92. The van der Waals surface area contributed by atoms with E-state index in [2.05, 4.69) is 10.3 Å². The fraction of sp³-hybridized carbons (Fsp3) is 0.182. The van der Waals surface area contributed by atoms with E-state index in [0.717, 1.165) is 16.0 Å². The number of rotatable bonds is 7. The molecule has 3 aromatic heterocycles. The third-order valence-corrected chi connectivity index (χ3v) is 6.73. The highest BCUT2D eigenvalue weighted by molar-refractivity contribution is 7.18. The zero-order chi connectivity index (χ0) is 22.8. The van der Waals surface area contributed by atoms with Crippen LogP contribution in [0.3, 0.4) is 0 Å². The predicted octanol–water partition coefficient (Wildman–Crippen LogP) is 2.77. The number of esters is 1. The Hall–Kier alpha value is -3.70. The van der Waals surface area contributed by atoms with Gasteiger partial charge in [0.05, 0.1) is 11.7 Å². The SMILES string of the molecule is O=C(COC(=O)Cn1cnc2scc(-c3cccs3)c2c1=O)NCc1ccc2c(c1)OCO2. The first-order valence-electron chi connectivity index (χ1n) is 9.90. The highest BCUT2D eigenvalue weighted by Gasteiger charge is 2.17. The number of benzene rings is 1. The van der Waals surface area contributed by atoms with Crippen molar-refractivity contribution in [1.29, 1.82) is 0 Å². The molecule has 4 aromatic rings. The summed E-state index contributed by atoms with van der Waals surface area (Å²) in [6, 6.07) is 9.19. The zero-order valence-electron chi connectivity index (χ0n) is 17.1. The summed E-state index contributed by atoms with van der Waals surface area (Å²) in [7, 11) is 0. The van der Waals surface area contributed by atoms with E-state index < -0.39 is 18.5 Å². The number of thiophene rings is 2. The van der Waals surface area contributed by atoms with Gasteiger partial charge in [-0.2, -0.15) is 0 Å². The molecule has 0 aliphatic carbocycles. The van der Waals surface area contributed by atoms with Crippen molar-refractivity contribution in [3.63, 3.8) is 0 Å². The smallest absolute Gasteiger partial charge is 0.326 e. The lowest BCUT2D eigenvalue weighted by atomic mass is 10.2. The van der Waals surface area contributed by atoms with Crippen LogP contribution >= 0.6 is 22.7 Å². The van der Waals surface area contributed by atoms with Crippen LogP contribution < -0.4 is 20.3 Å². The van der Waals surface area contributed by atoms with Crippen LogP contribution in [0.2, 0.25) is 0 Å². The number of ether oxygens (including phenoxy) is 3. The van der Waals surface area contributed by atoms with Crippen molar-refractivity contribution in [2.45, 2.75) is 13.1 Å². The van der Waals surface area contributed by atoms with Crippen LogP contribution in [-0.2, 0) is 27.4 Å². The standard InChI is InChI=1S/C22H17N3O6S2/c26-18(23-7-13-3-4-15-16(6-13)31-12-30-15)9-29-19(27)8-25-11-24-21-20(22(25)28)14(10-33-21)17-2-1-5-32-17/h1-6,10-11H,7-9,12H2,(H,23,26). The quantitative estimate of drug-likeness (QED) is 0.403. The molecular weight excluding hydrogens is 466 g/mol. The lowest BCUT2D eigenvalue weighted by molar-refractivity contribution is -0.149. The molecule has 0 bridgehead atoms. The minimum Gasteiger partial charge on any atom is -0.454 e. The molecular formula is C22H17N3O6S2. The Morgan fingerprint density at radius 1 is 1.18 bits per heavy atom. The fourth-order valence-electron chi connectivity index (χ4n) is 3.33. The van der Waals surface area contributed by atoms with Crippen LogP contribution in [0, 0.1) is 0 Å². The van der Waals surface area contributed by atoms with Gasteiger partial charge in [-0.3, -0.25) is 19.0 Å². The third kappa shape index (κ3) is 4.45. The van der Waals surface area contributed by atoms with Gasteiger partial charge in [-0.05, 0) is 29.1 Å². The van der Waals surface area contributed by atoms with E-state index in [9.17, 15) is 14.4 Å². The second kappa shape index (κ2) is 9.04. The molecule has 1 aliphatic rings. The highest BCUT2D eigenvalue weighted by Crippen LogP contribution is 2.33. The number of aromatic nitrogens is 2. The molecule has 11 heteroatoms. The number of amides is 1. The van der Waals surface area contributed by atoms with E-state index in [1.165, 1.54) is 33.6 Å². The van der Waals surface area contributed by atoms with Gasteiger partial charge in [0.1, 0.15) is 11.4 Å². The van der Waals surface area contributed by atoms with Gasteiger partial charge >= 0.3 is 5.97 Å². The summed E-state index contributed by atoms with van der Waals surface area (Å²) in [6.45, 7) is -0.366. The summed E-state index contributed by atoms with van der Waals surface area (Å²) in [5.41, 5.74) is 1.30. The topological polar surface area (TPSA) is 109 Å². The summed E-state index contributed by atoms with van der Waals surface area (Å²) in [5.74, 6) is 0.119. The van der Waals surface area contributed by atoms with Gasteiger partial charge in [0.15, 0.2) is 18.1 Å². The molecule has 0 fully saturated rings. The zero-order valence-corrected chi connectivity index (χ0v) is 18.7. The number of nitrogens with one attached hydrogen (secondary N) is 1. The maximum Gasteiger partial charge on any atom is 0.326 e. The molecule has 0 unspecified atom stereocenters. The van der Waals surface area contributed by atoms with E-state index in [-0.39, 0.29) is 25.4 Å². The monoisotopic (exact) mass is 483 g/mol. The maximum atomic E-state index is 12.9. The third-order valence-electron chi connectivity index (χ3n) is 4.94. The number of hydrogen-bond acceptors (Lipinski definition) is 9. The predicted molar refractivity (Wildman–Crippen MR) is 123 cm³/mol. The Morgan fingerprint density at radius 3 is 2.91 bits per heavy atom. The van der Waals surface area contributed by atoms with Crippen molar-refractivity contribution in [2.24, 2.45) is 0 Å². The number of fused-ring (bicyclic) bond motifs is 2. The summed E-state index contributed by atoms with van der Waals surface area (Å²) in [4.78, 5) is 43.1. The highest BCUT2D eigenvalue weighted by atomic mass is 32.1. The summed E-state index contributed by atoms with van der Waals surface area (Å²) in [5, 5.41) is 6.97. The molecule has 9 nitrogen and oxygen atoms in total. The van der Waals surface area contributed by atoms with Crippen LogP contribution in [0.25, 0.3) is 20.7 Å². The average Bonchev–Trinajstić information content (AvgIpc) is 3.58. The van der Waals surface area contributed by atoms with E-state index in [1.807, 2.05) is 29.0 Å². The Bertz CT molecular complexity index is 1390. The molecule has 0 spiro atoms. The minimum atomic E-state index is -0.704. The lowest BCUT2D eigenvalue weighted by Crippen LogP contribution is -2.31. The molecule has 0 saturated carbocycles. The van der Waals surface area contributed by atoms with Gasteiger partial charge in [0, 0.05) is 22.4 Å². The van der Waals surface area contributed by atoms with Gasteiger partial charge in [-0.15, -0.1) is 22.7 Å². The van der Waals surface area contributed by atoms with Crippen LogP contribution in [0.4, 0.5) is 0 Å². The van der Waals surface area contributed by atoms with Crippen molar-refractivity contribution < 1.29 is 23.8 Å². The van der Waals surface area contributed by atoms with Gasteiger partial charge in [-0.25, -0.2) is 4.98 Å². The largest absolute Gasteiger partial charge is 0.454 e.